The Balaban J connectivity index is 2.41. The number of hydrogen-bond acceptors (Lipinski definition) is 4. The van der Waals surface area contributed by atoms with Crippen LogP contribution in [0.3, 0.4) is 0 Å². The number of thiophene rings is 1. The number of nitrogens with one attached hydrogen (secondary N) is 1. The van der Waals surface area contributed by atoms with E-state index in [-0.39, 0.29) is 6.54 Å². The van der Waals surface area contributed by atoms with Gasteiger partial charge in [-0.15, -0.1) is 17.8 Å². The van der Waals surface area contributed by atoms with Crippen molar-refractivity contribution in [1.82, 2.24) is 9.55 Å². The van der Waals surface area contributed by atoms with Crippen LogP contribution >= 0.6 is 11.3 Å². The van der Waals surface area contributed by atoms with Gasteiger partial charge < -0.3 is 4.42 Å². The first-order valence-electron chi connectivity index (χ1n) is 5.44. The van der Waals surface area contributed by atoms with E-state index >= 15 is 0 Å². The second-order valence-electron chi connectivity index (χ2n) is 3.86. The van der Waals surface area contributed by atoms with Gasteiger partial charge in [0.1, 0.15) is 10.6 Å². The van der Waals surface area contributed by atoms with Crippen molar-refractivity contribution in [3.8, 4) is 23.7 Å². The Bertz CT molecular complexity index is 891. The number of nitrogens with zero attached hydrogens (tertiary/aromatic N) is 1. The van der Waals surface area contributed by atoms with Gasteiger partial charge in [0.2, 0.25) is 0 Å². The normalized spacial score (nSPS) is 10.7. The zero-order valence-electron chi connectivity index (χ0n) is 9.67. The molecule has 3 aromatic heterocycles. The molecular weight excluding hydrogens is 264 g/mol. The molecular formula is C13H8N2O3S. The summed E-state index contributed by atoms with van der Waals surface area (Å²) < 4.78 is 6.30. The highest BCUT2D eigenvalue weighted by molar-refractivity contribution is 7.17. The van der Waals surface area contributed by atoms with Crippen molar-refractivity contribution in [1.29, 1.82) is 0 Å². The van der Waals surface area contributed by atoms with Crippen LogP contribution in [0.4, 0.5) is 0 Å². The van der Waals surface area contributed by atoms with E-state index in [0.29, 0.717) is 21.5 Å². The average molecular weight is 272 g/mol. The van der Waals surface area contributed by atoms with Gasteiger partial charge in [-0.25, -0.2) is 9.36 Å². The number of rotatable bonds is 2. The molecule has 0 aliphatic carbocycles. The first-order valence-corrected chi connectivity index (χ1v) is 6.32. The van der Waals surface area contributed by atoms with E-state index in [4.69, 9.17) is 10.8 Å². The van der Waals surface area contributed by atoms with E-state index in [0.717, 1.165) is 4.57 Å². The first kappa shape index (κ1) is 11.6. The highest BCUT2D eigenvalue weighted by atomic mass is 32.1. The molecule has 3 aromatic rings. The molecule has 3 heterocycles. The molecule has 19 heavy (non-hydrogen) atoms. The van der Waals surface area contributed by atoms with Gasteiger partial charge in [0.25, 0.3) is 5.56 Å². The molecule has 0 fully saturated rings. The molecule has 0 atom stereocenters. The summed E-state index contributed by atoms with van der Waals surface area (Å²) in [6, 6.07) is 3.50. The molecule has 0 aliphatic rings. The third kappa shape index (κ3) is 1.72. The molecule has 0 aromatic carbocycles. The summed E-state index contributed by atoms with van der Waals surface area (Å²) in [5.41, 5.74) is -0.232. The van der Waals surface area contributed by atoms with Gasteiger partial charge in [-0.2, -0.15) is 0 Å². The number of furan rings is 1. The zero-order valence-corrected chi connectivity index (χ0v) is 10.5. The first-order chi connectivity index (χ1) is 9.22. The van der Waals surface area contributed by atoms with E-state index in [1.165, 1.54) is 17.6 Å². The van der Waals surface area contributed by atoms with Crippen LogP contribution in [-0.4, -0.2) is 9.55 Å². The fourth-order valence-electron chi connectivity index (χ4n) is 1.90. The molecule has 0 bridgehead atoms. The van der Waals surface area contributed by atoms with Crippen LogP contribution in [0.1, 0.15) is 0 Å². The SMILES string of the molecule is C#CCn1c(=O)[nH]c2scc(-c3ccco3)c2c1=O. The summed E-state index contributed by atoms with van der Waals surface area (Å²) >= 11 is 1.29. The Morgan fingerprint density at radius 3 is 3.00 bits per heavy atom. The van der Waals surface area contributed by atoms with Gasteiger partial charge in [0.05, 0.1) is 18.2 Å². The van der Waals surface area contributed by atoms with E-state index in [1.807, 2.05) is 0 Å². The molecule has 6 heteroatoms. The highest BCUT2D eigenvalue weighted by Crippen LogP contribution is 2.30. The summed E-state index contributed by atoms with van der Waals surface area (Å²) in [5, 5.41) is 2.20. The minimum absolute atomic E-state index is 0.0580. The van der Waals surface area contributed by atoms with Gasteiger partial charge in [-0.1, -0.05) is 5.92 Å². The molecule has 3 rings (SSSR count). The van der Waals surface area contributed by atoms with Crippen molar-refractivity contribution in [2.75, 3.05) is 0 Å². The van der Waals surface area contributed by atoms with Crippen LogP contribution in [0.5, 0.6) is 0 Å². The maximum Gasteiger partial charge on any atom is 0.330 e. The smallest absolute Gasteiger partial charge is 0.330 e. The van der Waals surface area contributed by atoms with Crippen molar-refractivity contribution in [3.05, 3.63) is 44.6 Å². The minimum Gasteiger partial charge on any atom is -0.464 e. The lowest BCUT2D eigenvalue weighted by atomic mass is 10.2. The van der Waals surface area contributed by atoms with Crippen molar-refractivity contribution in [2.45, 2.75) is 6.54 Å². The number of H-pyrrole nitrogens is 1. The van der Waals surface area contributed by atoms with Crippen LogP contribution < -0.4 is 11.2 Å². The Morgan fingerprint density at radius 1 is 1.47 bits per heavy atom. The van der Waals surface area contributed by atoms with Gasteiger partial charge in [0.15, 0.2) is 0 Å². The Labute approximate surface area is 111 Å². The maximum atomic E-state index is 12.3. The zero-order chi connectivity index (χ0) is 13.4. The number of fused-ring (bicyclic) bond motifs is 1. The van der Waals surface area contributed by atoms with Crippen LogP contribution in [0.15, 0.2) is 37.8 Å². The molecule has 0 saturated carbocycles. The third-order valence-corrected chi connectivity index (χ3v) is 3.65. The monoisotopic (exact) mass is 272 g/mol. The van der Waals surface area contributed by atoms with Crippen LogP contribution in [0, 0.1) is 12.3 Å². The predicted octanol–water partition coefficient (Wildman–Crippen LogP) is 1.64. The summed E-state index contributed by atoms with van der Waals surface area (Å²) in [6.45, 7) is -0.0580. The van der Waals surface area contributed by atoms with Gasteiger partial charge in [0, 0.05) is 10.9 Å². The lowest BCUT2D eigenvalue weighted by Gasteiger charge is -2.00. The molecule has 0 unspecified atom stereocenters. The maximum absolute atomic E-state index is 12.3. The Morgan fingerprint density at radius 2 is 2.32 bits per heavy atom. The van der Waals surface area contributed by atoms with Crippen molar-refractivity contribution < 1.29 is 4.42 Å². The molecule has 0 aliphatic heterocycles. The fraction of sp³-hybridized carbons (Fsp3) is 0.0769. The summed E-state index contributed by atoms with van der Waals surface area (Å²) in [5.74, 6) is 2.89. The summed E-state index contributed by atoms with van der Waals surface area (Å²) in [7, 11) is 0. The molecule has 94 valence electrons. The highest BCUT2D eigenvalue weighted by Gasteiger charge is 2.15. The minimum atomic E-state index is -0.497. The van der Waals surface area contributed by atoms with Crippen molar-refractivity contribution in [3.63, 3.8) is 0 Å². The van der Waals surface area contributed by atoms with E-state index in [9.17, 15) is 9.59 Å². The summed E-state index contributed by atoms with van der Waals surface area (Å²) in [6.07, 6.45) is 6.70. The largest absolute Gasteiger partial charge is 0.464 e. The van der Waals surface area contributed by atoms with E-state index < -0.39 is 11.2 Å². The fourth-order valence-corrected chi connectivity index (χ4v) is 2.83. The predicted molar refractivity (Wildman–Crippen MR) is 73.2 cm³/mol. The number of hydrogen-bond donors (Lipinski definition) is 1. The number of terminal acetylenes is 1. The van der Waals surface area contributed by atoms with Gasteiger partial charge >= 0.3 is 5.69 Å². The van der Waals surface area contributed by atoms with E-state index in [2.05, 4.69) is 10.9 Å². The molecule has 1 N–H and O–H groups in total. The lowest BCUT2D eigenvalue weighted by Crippen LogP contribution is -2.34. The lowest BCUT2D eigenvalue weighted by molar-refractivity contribution is 0.583. The van der Waals surface area contributed by atoms with Crippen LogP contribution in [0.25, 0.3) is 21.5 Å². The number of aromatic amines is 1. The quantitative estimate of drug-likeness (QED) is 0.721. The topological polar surface area (TPSA) is 68.0 Å². The van der Waals surface area contributed by atoms with Crippen molar-refractivity contribution in [2.24, 2.45) is 0 Å². The molecule has 0 saturated heterocycles. The standard InChI is InChI=1S/C13H8N2O3S/c1-2-5-15-12(16)10-8(9-4-3-6-18-9)7-19-11(10)14-13(15)17/h1,3-4,6-7H,5H2,(H,14,17). The molecule has 5 nitrogen and oxygen atoms in total. The van der Waals surface area contributed by atoms with Gasteiger partial charge in [-0.05, 0) is 12.1 Å². The van der Waals surface area contributed by atoms with E-state index in [1.54, 1.807) is 17.5 Å². The Hall–Kier alpha value is -2.52. The second-order valence-corrected chi connectivity index (χ2v) is 4.74. The molecule has 0 radical (unpaired) electrons. The van der Waals surface area contributed by atoms with Crippen molar-refractivity contribution >= 4 is 21.6 Å². The molecule has 0 spiro atoms. The summed E-state index contributed by atoms with van der Waals surface area (Å²) in [4.78, 5) is 27.2. The van der Waals surface area contributed by atoms with Crippen LogP contribution in [0.2, 0.25) is 0 Å². The van der Waals surface area contributed by atoms with Gasteiger partial charge in [-0.3, -0.25) is 9.78 Å². The van der Waals surface area contributed by atoms with Crippen LogP contribution in [-0.2, 0) is 6.54 Å². The Kier molecular flexibility index (Phi) is 2.62. The number of aromatic nitrogens is 2. The molecule has 0 amide bonds. The third-order valence-electron chi connectivity index (χ3n) is 2.75. The average Bonchev–Trinajstić information content (AvgIpc) is 3.02. The second kappa shape index (κ2) is 4.30.